The van der Waals surface area contributed by atoms with Crippen LogP contribution in [0.1, 0.15) is 12.0 Å². The number of amides is 1. The Hall–Kier alpha value is -2.83. The molecule has 1 aromatic carbocycles. The van der Waals surface area contributed by atoms with Gasteiger partial charge in [0.2, 0.25) is 0 Å². The maximum absolute atomic E-state index is 12.1. The van der Waals surface area contributed by atoms with Crippen molar-refractivity contribution in [1.29, 1.82) is 0 Å². The third kappa shape index (κ3) is 4.17. The maximum atomic E-state index is 12.1. The van der Waals surface area contributed by atoms with Crippen molar-refractivity contribution in [3.8, 4) is 11.6 Å². The molecule has 132 valence electrons. The molecular formula is C18H22N4O3. The number of rotatable bonds is 6. The van der Waals surface area contributed by atoms with Crippen LogP contribution in [0.25, 0.3) is 0 Å². The highest BCUT2D eigenvalue weighted by Crippen LogP contribution is 2.25. The predicted octanol–water partition coefficient (Wildman–Crippen LogP) is 1.57. The van der Waals surface area contributed by atoms with E-state index >= 15 is 0 Å². The van der Waals surface area contributed by atoms with E-state index in [2.05, 4.69) is 20.2 Å². The Morgan fingerprint density at radius 2 is 2.12 bits per heavy atom. The lowest BCUT2D eigenvalue weighted by Gasteiger charge is -2.19. The molecule has 1 aromatic heterocycles. The molecule has 3 rings (SSSR count). The van der Waals surface area contributed by atoms with Crippen LogP contribution in [0.2, 0.25) is 0 Å². The van der Waals surface area contributed by atoms with E-state index in [1.165, 1.54) is 0 Å². The maximum Gasteiger partial charge on any atom is 0.258 e. The Labute approximate surface area is 147 Å². The van der Waals surface area contributed by atoms with E-state index in [1.807, 2.05) is 31.2 Å². The number of nitrogens with zero attached hydrogens (tertiary/aromatic N) is 3. The van der Waals surface area contributed by atoms with Crippen LogP contribution in [0.4, 0.5) is 5.82 Å². The molecule has 1 amide bonds. The van der Waals surface area contributed by atoms with Crippen molar-refractivity contribution in [3.63, 3.8) is 0 Å². The summed E-state index contributed by atoms with van der Waals surface area (Å²) < 4.78 is 10.8. The quantitative estimate of drug-likeness (QED) is 0.859. The number of anilines is 1. The van der Waals surface area contributed by atoms with Crippen LogP contribution >= 0.6 is 0 Å². The number of hydrogen-bond acceptors (Lipinski definition) is 6. The molecule has 2 heterocycles. The number of benzene rings is 1. The number of hydrogen-bond donors (Lipinski definition) is 1. The van der Waals surface area contributed by atoms with Crippen LogP contribution < -0.4 is 19.7 Å². The monoisotopic (exact) mass is 342 g/mol. The van der Waals surface area contributed by atoms with Crippen LogP contribution in [0.5, 0.6) is 11.6 Å². The Balaban J connectivity index is 1.51. The summed E-state index contributed by atoms with van der Waals surface area (Å²) >= 11 is 0. The first-order valence-corrected chi connectivity index (χ1v) is 8.25. The number of aryl methyl sites for hydroxylation is 1. The first-order chi connectivity index (χ1) is 12.2. The molecule has 0 radical (unpaired) electrons. The zero-order chi connectivity index (χ0) is 17.6. The zero-order valence-corrected chi connectivity index (χ0v) is 14.4. The average molecular weight is 342 g/mol. The Bertz CT molecular complexity index is 738. The summed E-state index contributed by atoms with van der Waals surface area (Å²) in [5.74, 6) is 1.81. The van der Waals surface area contributed by atoms with Crippen LogP contribution in [-0.2, 0) is 4.79 Å². The van der Waals surface area contributed by atoms with Crippen molar-refractivity contribution >= 4 is 11.7 Å². The number of ether oxygens (including phenoxy) is 2. The molecular weight excluding hydrogens is 320 g/mol. The van der Waals surface area contributed by atoms with Crippen molar-refractivity contribution in [2.45, 2.75) is 19.4 Å². The van der Waals surface area contributed by atoms with E-state index < -0.39 is 0 Å². The normalized spacial score (nSPS) is 16.6. The zero-order valence-electron chi connectivity index (χ0n) is 14.4. The SMILES string of the molecule is COc1nccnc1N1CC[C@@H](NC(=O)COc2ccccc2C)C1. The molecule has 1 fully saturated rings. The smallest absolute Gasteiger partial charge is 0.258 e. The molecule has 1 aliphatic heterocycles. The van der Waals surface area contributed by atoms with Gasteiger partial charge in [-0.25, -0.2) is 9.97 Å². The molecule has 1 saturated heterocycles. The molecule has 1 aliphatic rings. The van der Waals surface area contributed by atoms with E-state index in [-0.39, 0.29) is 18.6 Å². The number of aromatic nitrogens is 2. The lowest BCUT2D eigenvalue weighted by atomic mass is 10.2. The van der Waals surface area contributed by atoms with Crippen LogP contribution in [0.15, 0.2) is 36.7 Å². The summed E-state index contributed by atoms with van der Waals surface area (Å²) in [5.41, 5.74) is 1.01. The molecule has 1 atom stereocenters. The second-order valence-corrected chi connectivity index (χ2v) is 5.94. The van der Waals surface area contributed by atoms with E-state index in [1.54, 1.807) is 19.5 Å². The fraction of sp³-hybridized carbons (Fsp3) is 0.389. The number of carbonyl (C=O) groups excluding carboxylic acids is 1. The van der Waals surface area contributed by atoms with Gasteiger partial charge in [0.1, 0.15) is 5.75 Å². The van der Waals surface area contributed by atoms with Gasteiger partial charge in [-0.05, 0) is 25.0 Å². The highest BCUT2D eigenvalue weighted by molar-refractivity contribution is 5.78. The first-order valence-electron chi connectivity index (χ1n) is 8.25. The van der Waals surface area contributed by atoms with Gasteiger partial charge >= 0.3 is 0 Å². The topological polar surface area (TPSA) is 76.6 Å². The Morgan fingerprint density at radius 1 is 1.32 bits per heavy atom. The van der Waals surface area contributed by atoms with Crippen molar-refractivity contribution < 1.29 is 14.3 Å². The van der Waals surface area contributed by atoms with Gasteiger partial charge in [0.15, 0.2) is 12.4 Å². The number of methoxy groups -OCH3 is 1. The summed E-state index contributed by atoms with van der Waals surface area (Å²) in [5, 5.41) is 3.01. The van der Waals surface area contributed by atoms with Crippen molar-refractivity contribution in [3.05, 3.63) is 42.2 Å². The second kappa shape index (κ2) is 7.83. The molecule has 7 nitrogen and oxygen atoms in total. The number of para-hydroxylation sites is 1. The molecule has 0 unspecified atom stereocenters. The van der Waals surface area contributed by atoms with E-state index in [0.29, 0.717) is 18.2 Å². The molecule has 1 N–H and O–H groups in total. The molecule has 0 bridgehead atoms. The van der Waals surface area contributed by atoms with Gasteiger partial charge in [0.25, 0.3) is 11.8 Å². The van der Waals surface area contributed by atoms with Crippen molar-refractivity contribution in [2.24, 2.45) is 0 Å². The molecule has 7 heteroatoms. The molecule has 0 spiro atoms. The molecule has 2 aromatic rings. The molecule has 0 aliphatic carbocycles. The summed E-state index contributed by atoms with van der Waals surface area (Å²) in [6.45, 7) is 3.43. The van der Waals surface area contributed by atoms with Gasteiger partial charge in [-0.1, -0.05) is 18.2 Å². The summed E-state index contributed by atoms with van der Waals surface area (Å²) in [6, 6.07) is 7.70. The van der Waals surface area contributed by atoms with Gasteiger partial charge in [-0.3, -0.25) is 4.79 Å². The fourth-order valence-corrected chi connectivity index (χ4v) is 2.88. The van der Waals surface area contributed by atoms with Crippen LogP contribution in [0.3, 0.4) is 0 Å². The largest absolute Gasteiger partial charge is 0.484 e. The van der Waals surface area contributed by atoms with E-state index in [4.69, 9.17) is 9.47 Å². The minimum Gasteiger partial charge on any atom is -0.484 e. The predicted molar refractivity (Wildman–Crippen MR) is 94.0 cm³/mol. The van der Waals surface area contributed by atoms with Gasteiger partial charge in [-0.2, -0.15) is 0 Å². The van der Waals surface area contributed by atoms with E-state index in [9.17, 15) is 4.79 Å². The van der Waals surface area contributed by atoms with E-state index in [0.717, 1.165) is 24.3 Å². The fourth-order valence-electron chi connectivity index (χ4n) is 2.88. The van der Waals surface area contributed by atoms with Gasteiger partial charge in [-0.15, -0.1) is 0 Å². The first kappa shape index (κ1) is 17.0. The average Bonchev–Trinajstić information content (AvgIpc) is 3.09. The van der Waals surface area contributed by atoms with Gasteiger partial charge in [0.05, 0.1) is 7.11 Å². The second-order valence-electron chi connectivity index (χ2n) is 5.94. The third-order valence-corrected chi connectivity index (χ3v) is 4.15. The van der Waals surface area contributed by atoms with Crippen molar-refractivity contribution in [2.75, 3.05) is 31.7 Å². The summed E-state index contributed by atoms with van der Waals surface area (Å²) in [7, 11) is 1.58. The molecule has 25 heavy (non-hydrogen) atoms. The highest BCUT2D eigenvalue weighted by Gasteiger charge is 2.27. The lowest BCUT2D eigenvalue weighted by Crippen LogP contribution is -2.39. The van der Waals surface area contributed by atoms with Crippen LogP contribution in [-0.4, -0.2) is 48.7 Å². The van der Waals surface area contributed by atoms with Gasteiger partial charge < -0.3 is 19.7 Å². The standard InChI is InChI=1S/C18H22N4O3/c1-13-5-3-4-6-15(13)25-12-16(23)21-14-7-10-22(11-14)17-18(24-2)20-9-8-19-17/h3-6,8-9,14H,7,10-12H2,1-2H3,(H,21,23)/t14-/m1/s1. The Morgan fingerprint density at radius 3 is 2.92 bits per heavy atom. The minimum absolute atomic E-state index is 0.00974. The Kier molecular flexibility index (Phi) is 5.33. The van der Waals surface area contributed by atoms with Gasteiger partial charge in [0, 0.05) is 31.5 Å². The van der Waals surface area contributed by atoms with Crippen molar-refractivity contribution in [1.82, 2.24) is 15.3 Å². The number of carbonyl (C=O) groups is 1. The third-order valence-electron chi connectivity index (χ3n) is 4.15. The minimum atomic E-state index is -0.124. The lowest BCUT2D eigenvalue weighted by molar-refractivity contribution is -0.123. The summed E-state index contributed by atoms with van der Waals surface area (Å²) in [6.07, 6.45) is 4.08. The summed E-state index contributed by atoms with van der Waals surface area (Å²) in [4.78, 5) is 22.7. The molecule has 0 saturated carbocycles. The highest BCUT2D eigenvalue weighted by atomic mass is 16.5. The number of nitrogens with one attached hydrogen (secondary N) is 1. The van der Waals surface area contributed by atoms with Crippen LogP contribution in [0, 0.1) is 6.92 Å².